The minimum absolute atomic E-state index is 0. The Morgan fingerprint density at radius 3 is 2.23 bits per heavy atom. The van der Waals surface area contributed by atoms with Gasteiger partial charge in [0.05, 0.1) is 0 Å². The van der Waals surface area contributed by atoms with Gasteiger partial charge in [-0.15, -0.1) is 24.8 Å². The van der Waals surface area contributed by atoms with Gasteiger partial charge in [0.2, 0.25) is 0 Å². The molecule has 0 spiro atoms. The summed E-state index contributed by atoms with van der Waals surface area (Å²) in [6.45, 7) is 1.02. The molecule has 2 aromatic rings. The normalized spacial score (nSPS) is 22.3. The van der Waals surface area contributed by atoms with Gasteiger partial charge in [-0.2, -0.15) is 0 Å². The number of nitrogens with zero attached hydrogens (tertiary/aromatic N) is 2. The number of rotatable bonds is 6. The molecule has 0 saturated heterocycles. The lowest BCUT2D eigenvalue weighted by Crippen LogP contribution is -2.48. The molecular formula is C21H31Cl2N3. The lowest BCUT2D eigenvalue weighted by Gasteiger charge is -2.45. The maximum atomic E-state index is 4.40. The van der Waals surface area contributed by atoms with E-state index in [4.69, 9.17) is 0 Å². The van der Waals surface area contributed by atoms with Crippen LogP contribution in [-0.2, 0) is 12.0 Å². The third-order valence-corrected chi connectivity index (χ3v) is 5.52. The Labute approximate surface area is 170 Å². The Kier molecular flexibility index (Phi) is 9.59. The van der Waals surface area contributed by atoms with Gasteiger partial charge in [0.25, 0.3) is 0 Å². The third-order valence-electron chi connectivity index (χ3n) is 5.52. The van der Waals surface area contributed by atoms with Crippen LogP contribution >= 0.6 is 24.8 Å². The van der Waals surface area contributed by atoms with Crippen molar-refractivity contribution in [3.8, 4) is 0 Å². The average Bonchev–Trinajstić information content (AvgIpc) is 2.64. The van der Waals surface area contributed by atoms with Gasteiger partial charge in [0.15, 0.2) is 0 Å². The summed E-state index contributed by atoms with van der Waals surface area (Å²) in [6, 6.07) is 17.8. The summed E-state index contributed by atoms with van der Waals surface area (Å²) in [6.07, 6.45) is 7.78. The number of pyridine rings is 1. The van der Waals surface area contributed by atoms with E-state index in [2.05, 4.69) is 71.8 Å². The lowest BCUT2D eigenvalue weighted by atomic mass is 9.74. The second kappa shape index (κ2) is 10.9. The van der Waals surface area contributed by atoms with E-state index < -0.39 is 0 Å². The van der Waals surface area contributed by atoms with Gasteiger partial charge in [-0.25, -0.2) is 0 Å². The van der Waals surface area contributed by atoms with Crippen molar-refractivity contribution in [2.75, 3.05) is 20.6 Å². The summed E-state index contributed by atoms with van der Waals surface area (Å²) in [7, 11) is 4.45. The first kappa shape index (κ1) is 22.9. The summed E-state index contributed by atoms with van der Waals surface area (Å²) in [5, 5.41) is 3.74. The average molecular weight is 396 g/mol. The maximum absolute atomic E-state index is 4.40. The van der Waals surface area contributed by atoms with E-state index in [-0.39, 0.29) is 30.4 Å². The fourth-order valence-corrected chi connectivity index (χ4v) is 3.99. The number of benzene rings is 1. The van der Waals surface area contributed by atoms with Crippen molar-refractivity contribution in [1.29, 1.82) is 0 Å². The molecule has 0 amide bonds. The highest BCUT2D eigenvalue weighted by atomic mass is 35.5. The molecule has 0 unspecified atom stereocenters. The highest BCUT2D eigenvalue weighted by Crippen LogP contribution is 2.40. The minimum Gasteiger partial charge on any atom is -0.314 e. The van der Waals surface area contributed by atoms with Crippen LogP contribution in [0.3, 0.4) is 0 Å². The van der Waals surface area contributed by atoms with Crippen LogP contribution in [0.5, 0.6) is 0 Å². The molecule has 1 fully saturated rings. The zero-order valence-corrected chi connectivity index (χ0v) is 17.4. The topological polar surface area (TPSA) is 28.2 Å². The molecule has 144 valence electrons. The van der Waals surface area contributed by atoms with Gasteiger partial charge in [0, 0.05) is 36.4 Å². The highest BCUT2D eigenvalue weighted by molar-refractivity contribution is 5.85. The molecule has 1 heterocycles. The van der Waals surface area contributed by atoms with Crippen LogP contribution in [0, 0.1) is 0 Å². The second-order valence-electron chi connectivity index (χ2n) is 7.09. The molecule has 1 aromatic heterocycles. The van der Waals surface area contributed by atoms with Crippen LogP contribution in [-0.4, -0.2) is 36.6 Å². The first-order chi connectivity index (χ1) is 11.7. The zero-order chi connectivity index (χ0) is 16.8. The van der Waals surface area contributed by atoms with E-state index in [1.165, 1.54) is 36.9 Å². The van der Waals surface area contributed by atoms with Gasteiger partial charge in [-0.1, -0.05) is 36.4 Å². The summed E-state index contributed by atoms with van der Waals surface area (Å²) in [5.41, 5.74) is 2.83. The van der Waals surface area contributed by atoms with Gasteiger partial charge in [0.1, 0.15) is 0 Å². The highest BCUT2D eigenvalue weighted by Gasteiger charge is 2.38. The second-order valence-corrected chi connectivity index (χ2v) is 7.09. The molecule has 1 N–H and O–H groups in total. The fraction of sp³-hybridized carbons (Fsp3) is 0.476. The molecule has 1 aliphatic carbocycles. The minimum atomic E-state index is 0. The molecular weight excluding hydrogens is 365 g/mol. The fourth-order valence-electron chi connectivity index (χ4n) is 3.99. The van der Waals surface area contributed by atoms with E-state index in [0.29, 0.717) is 6.04 Å². The molecule has 1 aromatic carbocycles. The molecule has 5 heteroatoms. The number of aromatic nitrogens is 1. The summed E-state index contributed by atoms with van der Waals surface area (Å²) >= 11 is 0. The van der Waals surface area contributed by atoms with Crippen LogP contribution in [0.4, 0.5) is 0 Å². The van der Waals surface area contributed by atoms with E-state index in [0.717, 1.165) is 13.0 Å². The summed E-state index contributed by atoms with van der Waals surface area (Å²) in [4.78, 5) is 6.82. The van der Waals surface area contributed by atoms with Crippen LogP contribution in [0.1, 0.15) is 36.9 Å². The largest absolute Gasteiger partial charge is 0.314 e. The Bertz CT molecular complexity index is 612. The molecule has 3 nitrogen and oxygen atoms in total. The van der Waals surface area contributed by atoms with Crippen LogP contribution in [0.25, 0.3) is 0 Å². The quantitative estimate of drug-likeness (QED) is 0.782. The Balaban J connectivity index is 0.00000169. The molecule has 0 radical (unpaired) electrons. The molecule has 3 rings (SSSR count). The standard InChI is InChI=1S/C21H29N3.2ClH/c1-24(2)21(18-8-4-3-5-9-18)14-11-20(12-15-21)23-17-13-19-10-6-7-16-22-19;;/h3-10,16,20,23H,11-15,17H2,1-2H3;2*1H. The molecule has 0 atom stereocenters. The monoisotopic (exact) mass is 395 g/mol. The Morgan fingerprint density at radius 1 is 1.00 bits per heavy atom. The van der Waals surface area contributed by atoms with Crippen LogP contribution < -0.4 is 5.32 Å². The van der Waals surface area contributed by atoms with Crippen molar-refractivity contribution >= 4 is 24.8 Å². The van der Waals surface area contributed by atoms with Crippen molar-refractivity contribution < 1.29 is 0 Å². The number of halogens is 2. The molecule has 1 aliphatic rings. The first-order valence-corrected chi connectivity index (χ1v) is 9.07. The van der Waals surface area contributed by atoms with Crippen molar-refractivity contribution in [1.82, 2.24) is 15.2 Å². The first-order valence-electron chi connectivity index (χ1n) is 9.07. The predicted octanol–water partition coefficient (Wildman–Crippen LogP) is 4.46. The SMILES string of the molecule is CN(C)C1(c2ccccc2)CCC(NCCc2ccccn2)CC1.Cl.Cl. The number of hydrogen-bond donors (Lipinski definition) is 1. The van der Waals surface area contributed by atoms with Gasteiger partial charge in [-0.3, -0.25) is 9.88 Å². The van der Waals surface area contributed by atoms with Gasteiger partial charge >= 0.3 is 0 Å². The van der Waals surface area contributed by atoms with Crippen molar-refractivity contribution in [3.05, 3.63) is 66.0 Å². The molecule has 0 aliphatic heterocycles. The number of hydrogen-bond acceptors (Lipinski definition) is 3. The summed E-state index contributed by atoms with van der Waals surface area (Å²) < 4.78 is 0. The van der Waals surface area contributed by atoms with Gasteiger partial charge in [-0.05, 0) is 57.5 Å². The zero-order valence-electron chi connectivity index (χ0n) is 15.7. The smallest absolute Gasteiger partial charge is 0.0455 e. The van der Waals surface area contributed by atoms with E-state index in [9.17, 15) is 0 Å². The Morgan fingerprint density at radius 2 is 1.65 bits per heavy atom. The number of nitrogens with one attached hydrogen (secondary N) is 1. The van der Waals surface area contributed by atoms with E-state index in [1.54, 1.807) is 0 Å². The molecule has 1 saturated carbocycles. The van der Waals surface area contributed by atoms with Crippen molar-refractivity contribution in [3.63, 3.8) is 0 Å². The third kappa shape index (κ3) is 5.43. The lowest BCUT2D eigenvalue weighted by molar-refractivity contribution is 0.0857. The van der Waals surface area contributed by atoms with E-state index in [1.807, 2.05) is 12.3 Å². The molecule has 26 heavy (non-hydrogen) atoms. The molecule has 0 bridgehead atoms. The summed E-state index contributed by atoms with van der Waals surface area (Å²) in [5.74, 6) is 0. The maximum Gasteiger partial charge on any atom is 0.0455 e. The van der Waals surface area contributed by atoms with Crippen molar-refractivity contribution in [2.24, 2.45) is 0 Å². The predicted molar refractivity (Wildman–Crippen MR) is 115 cm³/mol. The van der Waals surface area contributed by atoms with Crippen molar-refractivity contribution in [2.45, 2.75) is 43.7 Å². The Hall–Kier alpha value is -1.13. The van der Waals surface area contributed by atoms with Crippen LogP contribution in [0.2, 0.25) is 0 Å². The van der Waals surface area contributed by atoms with E-state index >= 15 is 0 Å². The van der Waals surface area contributed by atoms with Crippen LogP contribution in [0.15, 0.2) is 54.7 Å². The van der Waals surface area contributed by atoms with Gasteiger partial charge < -0.3 is 5.32 Å².